The number of sulfonamides is 1. The molecule has 0 bridgehead atoms. The van der Waals surface area contributed by atoms with Crippen molar-refractivity contribution in [3.63, 3.8) is 0 Å². The number of nitrogens with one attached hydrogen (secondary N) is 1. The van der Waals surface area contributed by atoms with E-state index in [2.05, 4.69) is 5.32 Å². The van der Waals surface area contributed by atoms with Crippen LogP contribution in [0.5, 0.6) is 0 Å². The zero-order chi connectivity index (χ0) is 22.9. The number of nitro groups is 1. The van der Waals surface area contributed by atoms with Gasteiger partial charge in [-0.1, -0.05) is 41.9 Å². The van der Waals surface area contributed by atoms with Gasteiger partial charge in [-0.2, -0.15) is 4.31 Å². The van der Waals surface area contributed by atoms with Gasteiger partial charge in [-0.3, -0.25) is 14.9 Å². The second-order valence-electron chi connectivity index (χ2n) is 8.28. The van der Waals surface area contributed by atoms with Crippen molar-refractivity contribution in [3.05, 3.63) is 69.2 Å². The minimum absolute atomic E-state index is 0.0193. The van der Waals surface area contributed by atoms with E-state index in [0.717, 1.165) is 24.5 Å². The van der Waals surface area contributed by atoms with Crippen molar-refractivity contribution < 1.29 is 18.1 Å². The Balaban J connectivity index is 1.42. The summed E-state index contributed by atoms with van der Waals surface area (Å²) in [5, 5.41) is 14.2. The average molecular weight is 478 g/mol. The number of amides is 1. The normalized spacial score (nSPS) is 18.8. The Hall–Kier alpha value is -2.49. The summed E-state index contributed by atoms with van der Waals surface area (Å²) >= 11 is 6.04. The Morgan fingerprint density at radius 2 is 1.75 bits per heavy atom. The van der Waals surface area contributed by atoms with Crippen molar-refractivity contribution in [1.29, 1.82) is 0 Å². The molecule has 1 heterocycles. The van der Waals surface area contributed by atoms with Gasteiger partial charge in [0.2, 0.25) is 15.9 Å². The van der Waals surface area contributed by atoms with E-state index < -0.39 is 14.9 Å². The first kappa shape index (κ1) is 22.7. The first-order valence-electron chi connectivity index (χ1n) is 10.6. The van der Waals surface area contributed by atoms with E-state index >= 15 is 0 Å². The summed E-state index contributed by atoms with van der Waals surface area (Å²) in [4.78, 5) is 23.0. The molecule has 4 rings (SSSR count). The van der Waals surface area contributed by atoms with Crippen molar-refractivity contribution in [2.24, 2.45) is 11.8 Å². The molecule has 8 nitrogen and oxygen atoms in total. The zero-order valence-electron chi connectivity index (χ0n) is 17.3. The summed E-state index contributed by atoms with van der Waals surface area (Å²) in [6, 6.07) is 13.2. The molecule has 170 valence electrons. The fourth-order valence-electron chi connectivity index (χ4n) is 4.14. The van der Waals surface area contributed by atoms with Crippen LogP contribution < -0.4 is 5.32 Å². The van der Waals surface area contributed by atoms with Gasteiger partial charge in [-0.05, 0) is 43.2 Å². The molecular weight excluding hydrogens is 454 g/mol. The lowest BCUT2D eigenvalue weighted by molar-refractivity contribution is -0.385. The van der Waals surface area contributed by atoms with Gasteiger partial charge in [0, 0.05) is 31.1 Å². The summed E-state index contributed by atoms with van der Waals surface area (Å²) < 4.78 is 27.3. The maximum Gasteiger partial charge on any atom is 0.270 e. The van der Waals surface area contributed by atoms with Gasteiger partial charge < -0.3 is 5.32 Å². The summed E-state index contributed by atoms with van der Waals surface area (Å²) in [5.41, 5.74) is 0.748. The van der Waals surface area contributed by atoms with Crippen molar-refractivity contribution in [3.8, 4) is 0 Å². The molecule has 0 spiro atoms. The summed E-state index contributed by atoms with van der Waals surface area (Å²) in [5.74, 6) is 0.0982. The van der Waals surface area contributed by atoms with Crippen LogP contribution in [0.4, 0.5) is 5.69 Å². The third-order valence-electron chi connectivity index (χ3n) is 6.12. The van der Waals surface area contributed by atoms with Crippen LogP contribution in [0.25, 0.3) is 0 Å². The monoisotopic (exact) mass is 477 g/mol. The predicted octanol–water partition coefficient (Wildman–Crippen LogP) is 3.92. The SMILES string of the molecule is O=C(N[C@@H](c1ccccc1)C1CC1)C1CCN(S(=O)(=O)c2cc([N+](=O)[O-])ccc2Cl)CC1. The molecule has 32 heavy (non-hydrogen) atoms. The van der Waals surface area contributed by atoms with Crippen molar-refractivity contribution >= 4 is 33.2 Å². The molecule has 1 amide bonds. The largest absolute Gasteiger partial charge is 0.349 e. The summed E-state index contributed by atoms with van der Waals surface area (Å²) in [6.45, 7) is 0.303. The second-order valence-corrected chi connectivity index (χ2v) is 10.6. The van der Waals surface area contributed by atoms with Crippen LogP contribution in [0.1, 0.15) is 37.3 Å². The third-order valence-corrected chi connectivity index (χ3v) is 8.50. The molecule has 2 aromatic rings. The Kier molecular flexibility index (Phi) is 6.50. The number of carbonyl (C=O) groups excluding carboxylic acids is 1. The molecule has 1 N–H and O–H groups in total. The van der Waals surface area contributed by atoms with Crippen LogP contribution in [-0.2, 0) is 14.8 Å². The molecule has 10 heteroatoms. The maximum absolute atomic E-state index is 13.0. The number of nitro benzene ring substituents is 1. The van der Waals surface area contributed by atoms with E-state index in [-0.39, 0.29) is 46.6 Å². The predicted molar refractivity (Wildman–Crippen MR) is 120 cm³/mol. The number of nitrogens with zero attached hydrogens (tertiary/aromatic N) is 2. The Bertz CT molecular complexity index is 1110. The Morgan fingerprint density at radius 1 is 1.09 bits per heavy atom. The number of carbonyl (C=O) groups is 1. The molecule has 0 unspecified atom stereocenters. The highest BCUT2D eigenvalue weighted by Gasteiger charge is 2.37. The molecule has 2 aromatic carbocycles. The number of rotatable bonds is 7. The van der Waals surface area contributed by atoms with Crippen LogP contribution >= 0.6 is 11.6 Å². The highest BCUT2D eigenvalue weighted by atomic mass is 35.5. The average Bonchev–Trinajstić information content (AvgIpc) is 3.63. The van der Waals surface area contributed by atoms with Crippen LogP contribution in [0.2, 0.25) is 5.02 Å². The minimum Gasteiger partial charge on any atom is -0.349 e. The van der Waals surface area contributed by atoms with E-state index in [4.69, 9.17) is 11.6 Å². The summed E-state index contributed by atoms with van der Waals surface area (Å²) in [6.07, 6.45) is 2.93. The molecular formula is C22H24ClN3O5S. The minimum atomic E-state index is -4.00. The van der Waals surface area contributed by atoms with Gasteiger partial charge >= 0.3 is 0 Å². The fraction of sp³-hybridized carbons (Fsp3) is 0.409. The van der Waals surface area contributed by atoms with Crippen molar-refractivity contribution in [2.75, 3.05) is 13.1 Å². The third kappa shape index (κ3) is 4.79. The molecule has 1 saturated carbocycles. The van der Waals surface area contributed by atoms with E-state index in [1.807, 2.05) is 30.3 Å². The lowest BCUT2D eigenvalue weighted by atomic mass is 9.95. The maximum atomic E-state index is 13.0. The van der Waals surface area contributed by atoms with E-state index in [1.54, 1.807) is 0 Å². The molecule has 2 aliphatic rings. The molecule has 2 fully saturated rings. The lowest BCUT2D eigenvalue weighted by Gasteiger charge is -2.31. The van der Waals surface area contributed by atoms with Gasteiger partial charge in [-0.15, -0.1) is 0 Å². The highest BCUT2D eigenvalue weighted by Crippen LogP contribution is 2.41. The van der Waals surface area contributed by atoms with Crippen LogP contribution in [0.15, 0.2) is 53.4 Å². The number of hydrogen-bond acceptors (Lipinski definition) is 5. The second kappa shape index (κ2) is 9.17. The fourth-order valence-corrected chi connectivity index (χ4v) is 6.10. The molecule has 0 radical (unpaired) electrons. The van der Waals surface area contributed by atoms with Crippen molar-refractivity contribution in [2.45, 2.75) is 36.6 Å². The molecule has 1 aliphatic carbocycles. The topological polar surface area (TPSA) is 110 Å². The molecule has 0 aromatic heterocycles. The summed E-state index contributed by atoms with van der Waals surface area (Å²) in [7, 11) is -4.00. The number of benzene rings is 2. The number of halogens is 1. The van der Waals surface area contributed by atoms with Crippen LogP contribution in [0, 0.1) is 22.0 Å². The van der Waals surface area contributed by atoms with Gasteiger partial charge in [0.15, 0.2) is 0 Å². The van der Waals surface area contributed by atoms with E-state index in [0.29, 0.717) is 18.8 Å². The van der Waals surface area contributed by atoms with Gasteiger partial charge in [0.25, 0.3) is 5.69 Å². The number of hydrogen-bond donors (Lipinski definition) is 1. The van der Waals surface area contributed by atoms with Crippen LogP contribution in [0.3, 0.4) is 0 Å². The Labute approximate surface area is 191 Å². The standard InChI is InChI=1S/C22H24ClN3O5S/c23-19-9-8-18(26(28)29)14-20(19)32(30,31)25-12-10-17(11-13-25)22(27)24-21(16-6-7-16)15-4-2-1-3-5-15/h1-5,8-9,14,16-17,21H,6-7,10-13H2,(H,24,27)/t21-/m0/s1. The van der Waals surface area contributed by atoms with Gasteiger partial charge in [0.05, 0.1) is 16.0 Å². The highest BCUT2D eigenvalue weighted by molar-refractivity contribution is 7.89. The van der Waals surface area contributed by atoms with Crippen molar-refractivity contribution in [1.82, 2.24) is 9.62 Å². The lowest BCUT2D eigenvalue weighted by Crippen LogP contribution is -2.44. The quantitative estimate of drug-likeness (QED) is 0.480. The number of piperidine rings is 1. The zero-order valence-corrected chi connectivity index (χ0v) is 18.9. The Morgan fingerprint density at radius 3 is 2.34 bits per heavy atom. The molecule has 1 atom stereocenters. The number of non-ortho nitro benzene ring substituents is 1. The van der Waals surface area contributed by atoms with E-state index in [1.165, 1.54) is 16.4 Å². The van der Waals surface area contributed by atoms with Gasteiger partial charge in [-0.25, -0.2) is 8.42 Å². The van der Waals surface area contributed by atoms with Crippen LogP contribution in [-0.4, -0.2) is 36.6 Å². The first-order valence-corrected chi connectivity index (χ1v) is 12.4. The smallest absolute Gasteiger partial charge is 0.270 e. The molecule has 1 saturated heterocycles. The van der Waals surface area contributed by atoms with E-state index in [9.17, 15) is 23.3 Å². The first-order chi connectivity index (χ1) is 15.3. The van der Waals surface area contributed by atoms with Gasteiger partial charge in [0.1, 0.15) is 4.90 Å². The molecule has 1 aliphatic heterocycles.